The fraction of sp³-hybridized carbons (Fsp3) is 0.222. The first-order valence-electron chi connectivity index (χ1n) is 4.00. The van der Waals surface area contributed by atoms with Crippen LogP contribution in [-0.4, -0.2) is 19.7 Å². The van der Waals surface area contributed by atoms with Crippen LogP contribution in [0.3, 0.4) is 0 Å². The van der Waals surface area contributed by atoms with Gasteiger partial charge in [0, 0.05) is 0 Å². The molecule has 0 amide bonds. The SMILES string of the molecule is COC(=O)COc1c(Cl)cc(Cl)c(Cl)c1Cl. The summed E-state index contributed by atoms with van der Waals surface area (Å²) in [7, 11) is 1.24. The lowest BCUT2D eigenvalue weighted by Gasteiger charge is -2.10. The lowest BCUT2D eigenvalue weighted by atomic mass is 10.3. The van der Waals surface area contributed by atoms with Gasteiger partial charge in [-0.05, 0) is 6.07 Å². The third-order valence-electron chi connectivity index (χ3n) is 1.63. The van der Waals surface area contributed by atoms with E-state index in [9.17, 15) is 4.79 Å². The molecule has 16 heavy (non-hydrogen) atoms. The van der Waals surface area contributed by atoms with Crippen molar-refractivity contribution in [1.29, 1.82) is 0 Å². The number of ether oxygens (including phenoxy) is 2. The highest BCUT2D eigenvalue weighted by Crippen LogP contribution is 2.42. The van der Waals surface area contributed by atoms with Crippen molar-refractivity contribution in [3.63, 3.8) is 0 Å². The molecule has 0 unspecified atom stereocenters. The zero-order valence-corrected chi connectivity index (χ0v) is 11.0. The van der Waals surface area contributed by atoms with Crippen LogP contribution in [0.25, 0.3) is 0 Å². The Kier molecular flexibility index (Phi) is 4.99. The van der Waals surface area contributed by atoms with Gasteiger partial charge in [-0.2, -0.15) is 0 Å². The molecule has 1 rings (SSSR count). The van der Waals surface area contributed by atoms with E-state index in [4.69, 9.17) is 51.1 Å². The lowest BCUT2D eigenvalue weighted by Crippen LogP contribution is -2.13. The van der Waals surface area contributed by atoms with Crippen LogP contribution in [0, 0.1) is 0 Å². The number of carbonyl (C=O) groups excluding carboxylic acids is 1. The maximum atomic E-state index is 10.9. The summed E-state index contributed by atoms with van der Waals surface area (Å²) in [5.41, 5.74) is 0. The fourth-order valence-corrected chi connectivity index (χ4v) is 1.88. The third-order valence-corrected chi connectivity index (χ3v) is 3.16. The molecule has 88 valence electrons. The van der Waals surface area contributed by atoms with E-state index in [1.54, 1.807) is 0 Å². The number of methoxy groups -OCH3 is 1. The smallest absolute Gasteiger partial charge is 0.343 e. The van der Waals surface area contributed by atoms with Gasteiger partial charge in [-0.3, -0.25) is 0 Å². The van der Waals surface area contributed by atoms with Gasteiger partial charge >= 0.3 is 5.97 Å². The van der Waals surface area contributed by atoms with Crippen LogP contribution in [0.15, 0.2) is 6.07 Å². The Bertz CT molecular complexity index is 420. The van der Waals surface area contributed by atoms with Gasteiger partial charge in [-0.25, -0.2) is 4.79 Å². The minimum absolute atomic E-state index is 0.0584. The van der Waals surface area contributed by atoms with E-state index in [-0.39, 0.29) is 32.4 Å². The topological polar surface area (TPSA) is 35.5 Å². The molecule has 0 aliphatic carbocycles. The van der Waals surface area contributed by atoms with Crippen molar-refractivity contribution in [1.82, 2.24) is 0 Å². The van der Waals surface area contributed by atoms with E-state index in [2.05, 4.69) is 4.74 Å². The van der Waals surface area contributed by atoms with Crippen molar-refractivity contribution in [3.8, 4) is 5.75 Å². The standard InChI is InChI=1S/C9H6Cl4O3/c1-15-6(14)3-16-9-5(11)2-4(10)7(12)8(9)13/h2H,3H2,1H3. The molecule has 0 N–H and O–H groups in total. The van der Waals surface area contributed by atoms with Crippen LogP contribution < -0.4 is 4.74 Å². The zero-order chi connectivity index (χ0) is 12.3. The van der Waals surface area contributed by atoms with Crippen LogP contribution in [0.5, 0.6) is 5.75 Å². The van der Waals surface area contributed by atoms with Crippen molar-refractivity contribution in [3.05, 3.63) is 26.2 Å². The van der Waals surface area contributed by atoms with Gasteiger partial charge in [0.15, 0.2) is 12.4 Å². The van der Waals surface area contributed by atoms with Crippen molar-refractivity contribution < 1.29 is 14.3 Å². The third kappa shape index (κ3) is 3.08. The largest absolute Gasteiger partial charge is 0.479 e. The number of hydrogen-bond acceptors (Lipinski definition) is 3. The second-order valence-corrected chi connectivity index (χ2v) is 4.23. The summed E-state index contributed by atoms with van der Waals surface area (Å²) in [5, 5.41) is 0.557. The van der Waals surface area contributed by atoms with Gasteiger partial charge in [0.2, 0.25) is 0 Å². The summed E-state index contributed by atoms with van der Waals surface area (Å²) in [6.07, 6.45) is 0. The first-order valence-corrected chi connectivity index (χ1v) is 5.51. The number of benzene rings is 1. The molecule has 0 saturated heterocycles. The summed E-state index contributed by atoms with van der Waals surface area (Å²) in [6, 6.07) is 1.38. The molecule has 0 bridgehead atoms. The average Bonchev–Trinajstić information content (AvgIpc) is 2.25. The van der Waals surface area contributed by atoms with E-state index in [0.717, 1.165) is 0 Å². The highest BCUT2D eigenvalue weighted by atomic mass is 35.5. The summed E-state index contributed by atoms with van der Waals surface area (Å²) in [5.74, 6) is -0.457. The van der Waals surface area contributed by atoms with E-state index in [1.807, 2.05) is 0 Å². The number of carbonyl (C=O) groups is 1. The molecule has 0 aliphatic heterocycles. The molecule has 7 heteroatoms. The predicted octanol–water partition coefficient (Wildman–Crippen LogP) is 3.85. The molecule has 0 aromatic heterocycles. The predicted molar refractivity (Wildman–Crippen MR) is 64.0 cm³/mol. The highest BCUT2D eigenvalue weighted by molar-refractivity contribution is 6.50. The first-order chi connectivity index (χ1) is 7.47. The maximum absolute atomic E-state index is 10.9. The van der Waals surface area contributed by atoms with Crippen LogP contribution in [0.1, 0.15) is 0 Å². The molecule has 0 fully saturated rings. The fourth-order valence-electron chi connectivity index (χ4n) is 0.872. The second kappa shape index (κ2) is 5.82. The lowest BCUT2D eigenvalue weighted by molar-refractivity contribution is -0.142. The number of esters is 1. The Hall–Kier alpha value is -0.350. The minimum atomic E-state index is -0.557. The Morgan fingerprint density at radius 2 is 1.81 bits per heavy atom. The summed E-state index contributed by atoms with van der Waals surface area (Å²) in [4.78, 5) is 10.9. The minimum Gasteiger partial charge on any atom is -0.479 e. The highest BCUT2D eigenvalue weighted by Gasteiger charge is 2.16. The van der Waals surface area contributed by atoms with Crippen LogP contribution in [0.4, 0.5) is 0 Å². The quantitative estimate of drug-likeness (QED) is 0.483. The van der Waals surface area contributed by atoms with Crippen molar-refractivity contribution >= 4 is 52.4 Å². The van der Waals surface area contributed by atoms with E-state index < -0.39 is 5.97 Å². The van der Waals surface area contributed by atoms with Crippen LogP contribution in [0.2, 0.25) is 20.1 Å². The van der Waals surface area contributed by atoms with Gasteiger partial charge in [-0.15, -0.1) is 0 Å². The molecule has 0 atom stereocenters. The van der Waals surface area contributed by atoms with E-state index >= 15 is 0 Å². The van der Waals surface area contributed by atoms with E-state index in [1.165, 1.54) is 13.2 Å². The molecule has 0 spiro atoms. The Balaban J connectivity index is 2.96. The monoisotopic (exact) mass is 302 g/mol. The molecular formula is C9H6Cl4O3. The molecule has 0 radical (unpaired) electrons. The maximum Gasteiger partial charge on any atom is 0.343 e. The van der Waals surface area contributed by atoms with Crippen molar-refractivity contribution in [2.24, 2.45) is 0 Å². The van der Waals surface area contributed by atoms with Gasteiger partial charge in [0.25, 0.3) is 0 Å². The Morgan fingerprint density at radius 1 is 1.19 bits per heavy atom. The van der Waals surface area contributed by atoms with Crippen molar-refractivity contribution in [2.45, 2.75) is 0 Å². The molecule has 1 aromatic carbocycles. The zero-order valence-electron chi connectivity index (χ0n) is 8.02. The van der Waals surface area contributed by atoms with Gasteiger partial charge in [0.1, 0.15) is 5.02 Å². The number of hydrogen-bond donors (Lipinski definition) is 0. The average molecular weight is 304 g/mol. The van der Waals surface area contributed by atoms with Gasteiger partial charge in [-0.1, -0.05) is 46.4 Å². The molecule has 0 heterocycles. The molecule has 3 nitrogen and oxygen atoms in total. The Labute approximate surface area is 112 Å². The molecule has 0 aliphatic rings. The summed E-state index contributed by atoms with van der Waals surface area (Å²) >= 11 is 23.2. The number of rotatable bonds is 3. The second-order valence-electron chi connectivity index (χ2n) is 2.66. The van der Waals surface area contributed by atoms with Gasteiger partial charge < -0.3 is 9.47 Å². The normalized spacial score (nSPS) is 10.1. The molecular weight excluding hydrogens is 298 g/mol. The first kappa shape index (κ1) is 13.7. The summed E-state index contributed by atoms with van der Waals surface area (Å²) in [6.45, 7) is -0.312. The number of halogens is 4. The van der Waals surface area contributed by atoms with Crippen LogP contribution in [-0.2, 0) is 9.53 Å². The molecule has 1 aromatic rings. The van der Waals surface area contributed by atoms with E-state index in [0.29, 0.717) is 0 Å². The van der Waals surface area contributed by atoms with Gasteiger partial charge in [0.05, 0.1) is 22.2 Å². The van der Waals surface area contributed by atoms with Crippen molar-refractivity contribution in [2.75, 3.05) is 13.7 Å². The summed E-state index contributed by atoms with van der Waals surface area (Å²) < 4.78 is 9.47. The van der Waals surface area contributed by atoms with Crippen LogP contribution >= 0.6 is 46.4 Å². The Morgan fingerprint density at radius 3 is 2.38 bits per heavy atom. The molecule has 0 saturated carbocycles.